The zero-order chi connectivity index (χ0) is 16.9. The van der Waals surface area contributed by atoms with E-state index in [1.165, 1.54) is 16.7 Å². The number of amides is 1. The summed E-state index contributed by atoms with van der Waals surface area (Å²) in [5.74, 6) is -1.33. The number of fused-ring (bicyclic) bond motifs is 1. The molecule has 0 aromatic rings. The third-order valence-electron chi connectivity index (χ3n) is 4.82. The molecule has 0 aliphatic carbocycles. The quantitative estimate of drug-likeness (QED) is 0.396. The van der Waals surface area contributed by atoms with Crippen molar-refractivity contribution in [1.82, 2.24) is 9.80 Å². The van der Waals surface area contributed by atoms with Crippen molar-refractivity contribution >= 4 is 29.5 Å². The van der Waals surface area contributed by atoms with Gasteiger partial charge in [-0.25, -0.2) is 4.79 Å². The minimum atomic E-state index is -1.08. The maximum atomic E-state index is 12.1. The van der Waals surface area contributed by atoms with Crippen LogP contribution in [-0.4, -0.2) is 68.2 Å². The van der Waals surface area contributed by atoms with Gasteiger partial charge in [0.05, 0.1) is 23.9 Å². The molecule has 3 rings (SSSR count). The number of aliphatic hydroxyl groups is 1. The number of aliphatic carboxylic acids is 1. The van der Waals surface area contributed by atoms with E-state index < -0.39 is 18.0 Å². The average Bonchev–Trinajstić information content (AvgIpc) is 3.02. The Hall–Kier alpha value is -1.54. The van der Waals surface area contributed by atoms with Crippen LogP contribution >= 0.6 is 11.8 Å². The first-order valence-corrected chi connectivity index (χ1v) is 8.63. The molecule has 7 nitrogen and oxygen atoms in total. The van der Waals surface area contributed by atoms with E-state index in [4.69, 9.17) is 5.41 Å². The number of hydrogen-bond donors (Lipinski definition) is 3. The van der Waals surface area contributed by atoms with Gasteiger partial charge in [0, 0.05) is 29.7 Å². The largest absolute Gasteiger partial charge is 0.477 e. The summed E-state index contributed by atoms with van der Waals surface area (Å²) < 4.78 is 0. The van der Waals surface area contributed by atoms with Crippen LogP contribution in [0.5, 0.6) is 0 Å². The molecule has 1 amide bonds. The molecule has 0 saturated carbocycles. The van der Waals surface area contributed by atoms with Crippen molar-refractivity contribution in [2.24, 2.45) is 5.92 Å². The summed E-state index contributed by atoms with van der Waals surface area (Å²) in [5.41, 5.74) is 0.0897. The summed E-state index contributed by atoms with van der Waals surface area (Å²) in [5, 5.41) is 27.1. The predicted octanol–water partition coefficient (Wildman–Crippen LogP) is 0.699. The van der Waals surface area contributed by atoms with Crippen LogP contribution in [0.3, 0.4) is 0 Å². The van der Waals surface area contributed by atoms with E-state index in [-0.39, 0.29) is 22.9 Å². The van der Waals surface area contributed by atoms with E-state index in [9.17, 15) is 19.8 Å². The van der Waals surface area contributed by atoms with Gasteiger partial charge >= 0.3 is 5.97 Å². The minimum absolute atomic E-state index is 0.0897. The van der Waals surface area contributed by atoms with Gasteiger partial charge in [-0.05, 0) is 20.3 Å². The smallest absolute Gasteiger partial charge is 0.353 e. The number of rotatable bonds is 4. The molecule has 4 atom stereocenters. The normalized spacial score (nSPS) is 31.3. The maximum absolute atomic E-state index is 12.1. The third-order valence-corrected chi connectivity index (χ3v) is 6.18. The van der Waals surface area contributed by atoms with Crippen molar-refractivity contribution in [3.63, 3.8) is 0 Å². The lowest BCUT2D eigenvalue weighted by Crippen LogP contribution is -2.61. The van der Waals surface area contributed by atoms with E-state index >= 15 is 0 Å². The molecule has 23 heavy (non-hydrogen) atoms. The fourth-order valence-corrected chi connectivity index (χ4v) is 5.11. The third kappa shape index (κ3) is 2.63. The van der Waals surface area contributed by atoms with Crippen molar-refractivity contribution in [2.45, 2.75) is 44.1 Å². The van der Waals surface area contributed by atoms with E-state index in [2.05, 4.69) is 0 Å². The second kappa shape index (κ2) is 5.83. The Kier molecular flexibility index (Phi) is 4.14. The molecule has 0 radical (unpaired) electrons. The molecule has 0 aromatic heterocycles. The van der Waals surface area contributed by atoms with Crippen molar-refractivity contribution in [2.75, 3.05) is 13.1 Å². The lowest BCUT2D eigenvalue weighted by atomic mass is 9.83. The lowest BCUT2D eigenvalue weighted by Gasteiger charge is -2.44. The van der Waals surface area contributed by atoms with Crippen molar-refractivity contribution in [3.8, 4) is 0 Å². The second-order valence-corrected chi connectivity index (χ2v) is 7.78. The molecule has 2 saturated heterocycles. The monoisotopic (exact) mass is 339 g/mol. The Labute approximate surface area is 138 Å². The van der Waals surface area contributed by atoms with Crippen LogP contribution in [0.1, 0.15) is 26.7 Å². The fraction of sp³-hybridized carbons (Fsp3) is 0.667. The summed E-state index contributed by atoms with van der Waals surface area (Å²) in [6.45, 7) is 4.87. The van der Waals surface area contributed by atoms with Crippen LogP contribution < -0.4 is 0 Å². The van der Waals surface area contributed by atoms with Gasteiger partial charge in [0.25, 0.3) is 0 Å². The number of nitrogens with zero attached hydrogens (tertiary/aromatic N) is 2. The number of aliphatic hydroxyl groups excluding tert-OH is 1. The van der Waals surface area contributed by atoms with Crippen LogP contribution in [-0.2, 0) is 9.59 Å². The first-order valence-electron chi connectivity index (χ1n) is 7.75. The van der Waals surface area contributed by atoms with Gasteiger partial charge in [-0.1, -0.05) is 0 Å². The number of likely N-dealkylation sites (tertiary alicyclic amines) is 1. The first-order chi connectivity index (χ1) is 10.8. The van der Waals surface area contributed by atoms with Crippen LogP contribution in [0.25, 0.3) is 0 Å². The lowest BCUT2D eigenvalue weighted by molar-refractivity contribution is -0.161. The van der Waals surface area contributed by atoms with Crippen LogP contribution in [0.15, 0.2) is 10.6 Å². The highest BCUT2D eigenvalue weighted by molar-refractivity contribution is 8.03. The Morgan fingerprint density at radius 1 is 1.48 bits per heavy atom. The highest BCUT2D eigenvalue weighted by Gasteiger charge is 2.57. The summed E-state index contributed by atoms with van der Waals surface area (Å²) in [6.07, 6.45) is 0.648. The summed E-state index contributed by atoms with van der Waals surface area (Å²) in [6, 6.07) is -0.224. The van der Waals surface area contributed by atoms with Crippen LogP contribution in [0.4, 0.5) is 0 Å². The van der Waals surface area contributed by atoms with Crippen molar-refractivity contribution in [1.29, 1.82) is 5.41 Å². The van der Waals surface area contributed by atoms with Gasteiger partial charge in [-0.2, -0.15) is 0 Å². The molecule has 8 heteroatoms. The number of hydrogen-bond acceptors (Lipinski definition) is 5. The Morgan fingerprint density at radius 2 is 2.17 bits per heavy atom. The van der Waals surface area contributed by atoms with Crippen molar-refractivity contribution < 1.29 is 19.8 Å². The van der Waals surface area contributed by atoms with E-state index in [1.54, 1.807) is 13.8 Å². The van der Waals surface area contributed by atoms with Gasteiger partial charge in [-0.3, -0.25) is 10.2 Å². The Balaban J connectivity index is 1.75. The molecule has 0 bridgehead atoms. The van der Waals surface area contributed by atoms with Gasteiger partial charge in [0.2, 0.25) is 5.91 Å². The topological polar surface area (TPSA) is 105 Å². The highest BCUT2D eigenvalue weighted by atomic mass is 32.2. The van der Waals surface area contributed by atoms with Crippen molar-refractivity contribution in [3.05, 3.63) is 10.6 Å². The number of carbonyl (C=O) groups is 2. The van der Waals surface area contributed by atoms with Gasteiger partial charge < -0.3 is 20.0 Å². The molecule has 3 aliphatic rings. The standard InChI is InChI=1S/C15H21N3O4S/c1-7(19)12-10-5-11(13(15(21)22)18(10)14(12)20)23-9-3-4-17(6-9)8(2)16/h7,9-10,12,16,19H,3-6H2,1-2H3,(H,21,22)/t7-,9+,10-,12-/m1/s1. The Morgan fingerprint density at radius 3 is 2.70 bits per heavy atom. The van der Waals surface area contributed by atoms with Gasteiger partial charge in [0.1, 0.15) is 5.70 Å². The first kappa shape index (κ1) is 16.3. The second-order valence-electron chi connectivity index (χ2n) is 6.38. The zero-order valence-corrected chi connectivity index (χ0v) is 14.0. The molecule has 3 aliphatic heterocycles. The predicted molar refractivity (Wildman–Crippen MR) is 86.1 cm³/mol. The van der Waals surface area contributed by atoms with E-state index in [0.717, 1.165) is 24.4 Å². The molecule has 0 spiro atoms. The number of amidine groups is 1. The number of nitrogens with one attached hydrogen (secondary N) is 1. The number of carboxylic acids is 1. The van der Waals surface area contributed by atoms with E-state index in [0.29, 0.717) is 12.3 Å². The van der Waals surface area contributed by atoms with Gasteiger partial charge in [0.15, 0.2) is 0 Å². The summed E-state index contributed by atoms with van der Waals surface area (Å²) in [4.78, 5) is 27.8. The molecule has 3 N–H and O–H groups in total. The fourth-order valence-electron chi connectivity index (χ4n) is 3.67. The molecule has 0 unspecified atom stereocenters. The van der Waals surface area contributed by atoms with Crippen LogP contribution in [0, 0.1) is 11.3 Å². The number of thioether (sulfide) groups is 1. The molecule has 126 valence electrons. The number of carboxylic acid groups (broad SMARTS) is 1. The molecule has 0 aromatic carbocycles. The Bertz CT molecular complexity index is 604. The number of carbonyl (C=O) groups excluding carboxylic acids is 1. The molecule has 3 heterocycles. The summed E-state index contributed by atoms with van der Waals surface area (Å²) >= 11 is 1.52. The van der Waals surface area contributed by atoms with E-state index in [1.807, 2.05) is 4.90 Å². The van der Waals surface area contributed by atoms with Crippen LogP contribution in [0.2, 0.25) is 0 Å². The molecule has 2 fully saturated rings. The molecular formula is C15H21N3O4S. The average molecular weight is 339 g/mol. The minimum Gasteiger partial charge on any atom is -0.477 e. The molecular weight excluding hydrogens is 318 g/mol. The summed E-state index contributed by atoms with van der Waals surface area (Å²) in [7, 11) is 0. The maximum Gasteiger partial charge on any atom is 0.353 e. The zero-order valence-electron chi connectivity index (χ0n) is 13.2. The van der Waals surface area contributed by atoms with Gasteiger partial charge in [-0.15, -0.1) is 11.8 Å². The number of β-lactam (4-membered cyclic amide) rings is 1. The highest BCUT2D eigenvalue weighted by Crippen LogP contribution is 2.48. The SMILES string of the molecule is CC(=N)N1CC[C@H](SC2=C(C(=O)O)N3C(=O)[C@H]([C@@H](C)O)[C@H]3C2)C1.